The van der Waals surface area contributed by atoms with Crippen LogP contribution < -0.4 is 0 Å². The van der Waals surface area contributed by atoms with Gasteiger partial charge in [0.25, 0.3) is 0 Å². The molecule has 7 heteroatoms. The second-order valence-electron chi connectivity index (χ2n) is 7.40. The Morgan fingerprint density at radius 3 is 2.73 bits per heavy atom. The molecule has 2 atom stereocenters. The van der Waals surface area contributed by atoms with Crippen molar-refractivity contribution in [2.75, 3.05) is 6.61 Å². The predicted octanol–water partition coefficient (Wildman–Crippen LogP) is 3.20. The zero-order valence-corrected chi connectivity index (χ0v) is 15.1. The van der Waals surface area contributed by atoms with Crippen molar-refractivity contribution in [1.82, 2.24) is 29.7 Å². The van der Waals surface area contributed by atoms with Gasteiger partial charge in [-0.1, -0.05) is 0 Å². The first-order valence-electron chi connectivity index (χ1n) is 9.31. The third kappa shape index (κ3) is 2.86. The summed E-state index contributed by atoms with van der Waals surface area (Å²) in [5, 5.41) is 4.50. The maximum atomic E-state index is 6.01. The molecule has 26 heavy (non-hydrogen) atoms. The Hall–Kier alpha value is -2.41. The van der Waals surface area contributed by atoms with Crippen molar-refractivity contribution < 1.29 is 4.74 Å². The van der Waals surface area contributed by atoms with Crippen LogP contribution >= 0.6 is 0 Å². The molecule has 0 bridgehead atoms. The zero-order valence-electron chi connectivity index (χ0n) is 15.1. The van der Waals surface area contributed by atoms with Crippen molar-refractivity contribution in [2.24, 2.45) is 0 Å². The highest BCUT2D eigenvalue weighted by Gasteiger charge is 2.30. The molecule has 0 amide bonds. The largest absolute Gasteiger partial charge is 0.373 e. The molecular formula is C19H22N6O. The molecule has 0 spiro atoms. The van der Waals surface area contributed by atoms with E-state index in [2.05, 4.69) is 30.9 Å². The van der Waals surface area contributed by atoms with E-state index >= 15 is 0 Å². The fraction of sp³-hybridized carbons (Fsp3) is 0.526. The normalized spacial score (nSPS) is 23.5. The average molecular weight is 350 g/mol. The summed E-state index contributed by atoms with van der Waals surface area (Å²) in [5.74, 6) is 1.11. The minimum Gasteiger partial charge on any atom is -0.373 e. The molecule has 0 N–H and O–H groups in total. The molecule has 3 aromatic heterocycles. The minimum atomic E-state index is 0.0615. The van der Waals surface area contributed by atoms with Gasteiger partial charge in [0.2, 0.25) is 0 Å². The number of ether oxygens (including phenoxy) is 1. The summed E-state index contributed by atoms with van der Waals surface area (Å²) >= 11 is 0. The fourth-order valence-electron chi connectivity index (χ4n) is 3.56. The van der Waals surface area contributed by atoms with E-state index in [0.29, 0.717) is 18.3 Å². The van der Waals surface area contributed by atoms with Crippen molar-refractivity contribution in [3.63, 3.8) is 0 Å². The fourth-order valence-corrected chi connectivity index (χ4v) is 3.56. The van der Waals surface area contributed by atoms with E-state index in [9.17, 15) is 0 Å². The number of fused-ring (bicyclic) bond motifs is 1. The molecule has 3 aromatic rings. The highest BCUT2D eigenvalue weighted by atomic mass is 16.5. The van der Waals surface area contributed by atoms with E-state index < -0.39 is 0 Å². The van der Waals surface area contributed by atoms with Gasteiger partial charge in [0.05, 0.1) is 35.9 Å². The van der Waals surface area contributed by atoms with Gasteiger partial charge in [-0.2, -0.15) is 5.10 Å². The zero-order chi connectivity index (χ0) is 17.7. The molecule has 4 heterocycles. The summed E-state index contributed by atoms with van der Waals surface area (Å²) in [5.41, 5.74) is 4.44. The maximum absolute atomic E-state index is 6.01. The molecule has 0 aromatic carbocycles. The summed E-state index contributed by atoms with van der Waals surface area (Å²) in [6, 6.07) is 0.595. The van der Waals surface area contributed by atoms with Crippen LogP contribution in [0.25, 0.3) is 11.2 Å². The summed E-state index contributed by atoms with van der Waals surface area (Å²) in [7, 11) is 0. The third-order valence-electron chi connectivity index (χ3n) is 5.42. The Morgan fingerprint density at radius 1 is 1.04 bits per heavy atom. The van der Waals surface area contributed by atoms with Crippen LogP contribution in [0.4, 0.5) is 0 Å². The summed E-state index contributed by atoms with van der Waals surface area (Å²) in [6.45, 7) is 4.63. The number of aromatic nitrogens is 6. The lowest BCUT2D eigenvalue weighted by molar-refractivity contribution is 0.00395. The predicted molar refractivity (Wildman–Crippen MR) is 95.8 cm³/mol. The lowest BCUT2D eigenvalue weighted by Gasteiger charge is -2.28. The van der Waals surface area contributed by atoms with Gasteiger partial charge in [-0.25, -0.2) is 19.9 Å². The van der Waals surface area contributed by atoms with Gasteiger partial charge in [0.15, 0.2) is 5.65 Å². The highest BCUT2D eigenvalue weighted by molar-refractivity contribution is 5.68. The number of aryl methyl sites for hydroxylation is 2. The molecule has 2 fully saturated rings. The van der Waals surface area contributed by atoms with Crippen molar-refractivity contribution in [1.29, 1.82) is 0 Å². The topological polar surface area (TPSA) is 78.6 Å². The summed E-state index contributed by atoms with van der Waals surface area (Å²) < 4.78 is 8.09. The van der Waals surface area contributed by atoms with Crippen LogP contribution in [-0.4, -0.2) is 36.3 Å². The Bertz CT molecular complexity index is 964. The van der Waals surface area contributed by atoms with Crippen LogP contribution in [0.5, 0.6) is 0 Å². The molecule has 7 nitrogen and oxygen atoms in total. The van der Waals surface area contributed by atoms with Gasteiger partial charge < -0.3 is 4.74 Å². The molecule has 1 saturated carbocycles. The quantitative estimate of drug-likeness (QED) is 0.722. The van der Waals surface area contributed by atoms with E-state index in [1.807, 2.05) is 20.0 Å². The van der Waals surface area contributed by atoms with E-state index in [4.69, 9.17) is 9.72 Å². The van der Waals surface area contributed by atoms with Crippen LogP contribution in [-0.2, 0) is 4.74 Å². The van der Waals surface area contributed by atoms with Crippen molar-refractivity contribution in [3.8, 4) is 0 Å². The first kappa shape index (κ1) is 15.8. The van der Waals surface area contributed by atoms with Crippen LogP contribution in [0.3, 0.4) is 0 Å². The maximum Gasteiger partial charge on any atom is 0.181 e. The average Bonchev–Trinajstić information content (AvgIpc) is 3.39. The highest BCUT2D eigenvalue weighted by Crippen LogP contribution is 2.38. The number of rotatable bonds is 3. The molecule has 0 radical (unpaired) electrons. The lowest BCUT2D eigenvalue weighted by atomic mass is 9.92. The molecule has 1 aliphatic heterocycles. The van der Waals surface area contributed by atoms with Gasteiger partial charge >= 0.3 is 0 Å². The van der Waals surface area contributed by atoms with E-state index in [1.165, 1.54) is 12.8 Å². The van der Waals surface area contributed by atoms with Crippen molar-refractivity contribution >= 4 is 11.2 Å². The van der Waals surface area contributed by atoms with E-state index in [1.54, 1.807) is 6.20 Å². The van der Waals surface area contributed by atoms with Crippen LogP contribution in [0, 0.1) is 13.8 Å². The molecular weight excluding hydrogens is 328 g/mol. The van der Waals surface area contributed by atoms with Gasteiger partial charge in [0, 0.05) is 24.3 Å². The van der Waals surface area contributed by atoms with Gasteiger partial charge in [0.1, 0.15) is 11.3 Å². The van der Waals surface area contributed by atoms with E-state index in [-0.39, 0.29) is 12.0 Å². The Kier molecular flexibility index (Phi) is 3.70. The van der Waals surface area contributed by atoms with Crippen LogP contribution in [0.1, 0.15) is 66.5 Å². The molecule has 2 aliphatic rings. The smallest absolute Gasteiger partial charge is 0.181 e. The Balaban J connectivity index is 1.40. The minimum absolute atomic E-state index is 0.0615. The van der Waals surface area contributed by atoms with Crippen molar-refractivity contribution in [3.05, 3.63) is 41.4 Å². The molecule has 1 unspecified atom stereocenters. The standard InChI is InChI=1S/C19H22N6O/c1-11-12(2)23-19-16(22-11)9-20-18(24-19)13-5-6-26-17(7-13)14-8-21-25(10-14)15-3-4-15/h8-10,13,15,17H,3-7H2,1-2H3/t13?,17-/m1/s1. The second-order valence-corrected chi connectivity index (χ2v) is 7.40. The number of hydrogen-bond donors (Lipinski definition) is 0. The summed E-state index contributed by atoms with van der Waals surface area (Å²) in [4.78, 5) is 18.4. The summed E-state index contributed by atoms with van der Waals surface area (Å²) in [6.07, 6.45) is 10.2. The van der Waals surface area contributed by atoms with Crippen molar-refractivity contribution in [2.45, 2.75) is 57.6 Å². The molecule has 5 rings (SSSR count). The number of nitrogens with zero attached hydrogens (tertiary/aromatic N) is 6. The first-order valence-corrected chi connectivity index (χ1v) is 9.31. The lowest BCUT2D eigenvalue weighted by Crippen LogP contribution is -2.20. The van der Waals surface area contributed by atoms with Crippen LogP contribution in [0.15, 0.2) is 18.6 Å². The van der Waals surface area contributed by atoms with Gasteiger partial charge in [-0.3, -0.25) is 4.68 Å². The molecule has 1 saturated heterocycles. The van der Waals surface area contributed by atoms with Gasteiger partial charge in [-0.05, 0) is 39.5 Å². The first-order chi connectivity index (χ1) is 12.7. The molecule has 134 valence electrons. The second kappa shape index (κ2) is 6.09. The van der Waals surface area contributed by atoms with Gasteiger partial charge in [-0.15, -0.1) is 0 Å². The number of hydrogen-bond acceptors (Lipinski definition) is 6. The third-order valence-corrected chi connectivity index (χ3v) is 5.42. The Morgan fingerprint density at radius 2 is 1.88 bits per heavy atom. The van der Waals surface area contributed by atoms with Crippen LogP contribution in [0.2, 0.25) is 0 Å². The van der Waals surface area contributed by atoms with E-state index in [0.717, 1.165) is 41.1 Å². The Labute approximate surface area is 151 Å². The molecule has 1 aliphatic carbocycles. The SMILES string of the molecule is Cc1nc2cnc(C3CCO[C@@H](c4cnn(C5CC5)c4)C3)nc2nc1C. The monoisotopic (exact) mass is 350 g/mol.